The van der Waals surface area contributed by atoms with Crippen LogP contribution in [0.3, 0.4) is 0 Å². The number of halogens is 1. The largest absolute Gasteiger partial charge is 0.294 e. The van der Waals surface area contributed by atoms with E-state index in [1.54, 1.807) is 10.9 Å². The molecule has 0 spiro atoms. The normalized spacial score (nSPS) is 10.4. The quantitative estimate of drug-likeness (QED) is 0.791. The third-order valence-corrected chi connectivity index (χ3v) is 3.10. The van der Waals surface area contributed by atoms with Crippen molar-refractivity contribution < 1.29 is 4.79 Å². The second-order valence-electron chi connectivity index (χ2n) is 3.66. The molecule has 2 rings (SSSR count). The van der Waals surface area contributed by atoms with Crippen LogP contribution in [-0.2, 0) is 0 Å². The van der Waals surface area contributed by atoms with Gasteiger partial charge in [0.25, 0.3) is 0 Å². The maximum atomic E-state index is 11.3. The Kier molecular flexibility index (Phi) is 2.92. The first-order valence-corrected chi connectivity index (χ1v) is 5.70. The van der Waals surface area contributed by atoms with Gasteiger partial charge in [-0.3, -0.25) is 4.79 Å². The molecule has 0 bridgehead atoms. The van der Waals surface area contributed by atoms with Crippen LogP contribution >= 0.6 is 15.9 Å². The maximum absolute atomic E-state index is 11.3. The van der Waals surface area contributed by atoms with E-state index in [1.807, 2.05) is 31.2 Å². The molecule has 3 nitrogen and oxygen atoms in total. The molecular formula is C12H11BrN2O. The Morgan fingerprint density at radius 3 is 2.75 bits per heavy atom. The third-order valence-electron chi connectivity index (χ3n) is 2.34. The molecule has 0 saturated heterocycles. The van der Waals surface area contributed by atoms with Crippen LogP contribution in [0.15, 0.2) is 35.1 Å². The highest BCUT2D eigenvalue weighted by molar-refractivity contribution is 9.10. The van der Waals surface area contributed by atoms with E-state index < -0.39 is 0 Å². The molecule has 1 aromatic carbocycles. The van der Waals surface area contributed by atoms with Crippen LogP contribution in [0.4, 0.5) is 0 Å². The van der Waals surface area contributed by atoms with Crippen molar-refractivity contribution in [2.75, 3.05) is 0 Å². The minimum Gasteiger partial charge on any atom is -0.294 e. The number of carbonyl (C=O) groups is 1. The number of carbonyl (C=O) groups excluding carboxylic acids is 1. The van der Waals surface area contributed by atoms with Crippen molar-refractivity contribution in [1.29, 1.82) is 0 Å². The Morgan fingerprint density at radius 2 is 2.19 bits per heavy atom. The van der Waals surface area contributed by atoms with Gasteiger partial charge in [0, 0.05) is 0 Å². The van der Waals surface area contributed by atoms with E-state index >= 15 is 0 Å². The van der Waals surface area contributed by atoms with Gasteiger partial charge in [-0.1, -0.05) is 12.1 Å². The Morgan fingerprint density at radius 1 is 1.44 bits per heavy atom. The lowest BCUT2D eigenvalue weighted by Crippen LogP contribution is -1.98. The van der Waals surface area contributed by atoms with Gasteiger partial charge in [-0.25, -0.2) is 4.68 Å². The number of hydrogen-bond acceptors (Lipinski definition) is 2. The fourth-order valence-electron chi connectivity index (χ4n) is 1.51. The van der Waals surface area contributed by atoms with E-state index in [1.165, 1.54) is 6.92 Å². The Bertz CT molecular complexity index is 546. The van der Waals surface area contributed by atoms with Crippen LogP contribution in [0, 0.1) is 6.92 Å². The first-order chi connectivity index (χ1) is 7.59. The molecule has 0 amide bonds. The minimum atomic E-state index is 0.00535. The Hall–Kier alpha value is -1.42. The zero-order chi connectivity index (χ0) is 11.7. The molecule has 0 N–H and O–H groups in total. The number of aromatic nitrogens is 2. The van der Waals surface area contributed by atoms with Crippen molar-refractivity contribution in [1.82, 2.24) is 9.78 Å². The topological polar surface area (TPSA) is 34.9 Å². The standard InChI is InChI=1S/C12H11BrN2O/c1-8-4-3-5-10(6-8)15-12(13)11(7-14-15)9(2)16/h3-7H,1-2H3. The monoisotopic (exact) mass is 278 g/mol. The van der Waals surface area contributed by atoms with Crippen molar-refractivity contribution in [2.45, 2.75) is 13.8 Å². The first kappa shape index (κ1) is 11.1. The van der Waals surface area contributed by atoms with Crippen LogP contribution in [0.5, 0.6) is 0 Å². The average molecular weight is 279 g/mol. The van der Waals surface area contributed by atoms with Gasteiger partial charge in [0.2, 0.25) is 0 Å². The van der Waals surface area contributed by atoms with Crippen LogP contribution in [0.1, 0.15) is 22.8 Å². The molecule has 0 atom stereocenters. The van der Waals surface area contributed by atoms with Gasteiger partial charge in [0.1, 0.15) is 4.60 Å². The number of aryl methyl sites for hydroxylation is 1. The molecule has 2 aromatic rings. The van der Waals surface area contributed by atoms with E-state index in [4.69, 9.17) is 0 Å². The zero-order valence-electron chi connectivity index (χ0n) is 9.07. The van der Waals surface area contributed by atoms with Crippen molar-refractivity contribution in [3.63, 3.8) is 0 Å². The summed E-state index contributed by atoms with van der Waals surface area (Å²) in [7, 11) is 0. The van der Waals surface area contributed by atoms with Crippen molar-refractivity contribution in [3.8, 4) is 5.69 Å². The molecule has 0 aliphatic rings. The molecule has 0 fully saturated rings. The molecule has 16 heavy (non-hydrogen) atoms. The number of rotatable bonds is 2. The highest BCUT2D eigenvalue weighted by Crippen LogP contribution is 2.21. The van der Waals surface area contributed by atoms with Crippen molar-refractivity contribution in [2.24, 2.45) is 0 Å². The summed E-state index contributed by atoms with van der Waals surface area (Å²) >= 11 is 3.39. The van der Waals surface area contributed by atoms with E-state index in [0.29, 0.717) is 10.2 Å². The number of Topliss-reactive ketones (excluding diaryl/α,β-unsaturated/α-hetero) is 1. The summed E-state index contributed by atoms with van der Waals surface area (Å²) in [6.07, 6.45) is 1.58. The first-order valence-electron chi connectivity index (χ1n) is 4.91. The summed E-state index contributed by atoms with van der Waals surface area (Å²) in [5.74, 6) is 0.00535. The molecule has 0 unspecified atom stereocenters. The third kappa shape index (κ3) is 1.93. The average Bonchev–Trinajstić information content (AvgIpc) is 2.60. The number of hydrogen-bond donors (Lipinski definition) is 0. The Labute approximate surface area is 102 Å². The van der Waals surface area contributed by atoms with Gasteiger partial charge in [0.05, 0.1) is 17.4 Å². The van der Waals surface area contributed by atoms with Crippen molar-refractivity contribution >= 4 is 21.7 Å². The number of benzene rings is 1. The van der Waals surface area contributed by atoms with E-state index in [9.17, 15) is 4.79 Å². The lowest BCUT2D eigenvalue weighted by molar-refractivity contribution is 0.101. The molecule has 1 aromatic heterocycles. The van der Waals surface area contributed by atoms with Gasteiger partial charge in [-0.05, 0) is 47.5 Å². The smallest absolute Gasteiger partial charge is 0.164 e. The highest BCUT2D eigenvalue weighted by atomic mass is 79.9. The van der Waals surface area contributed by atoms with Gasteiger partial charge < -0.3 is 0 Å². The van der Waals surface area contributed by atoms with E-state index in [-0.39, 0.29) is 5.78 Å². The summed E-state index contributed by atoms with van der Waals surface area (Å²) < 4.78 is 2.41. The number of nitrogens with zero attached hydrogens (tertiary/aromatic N) is 2. The van der Waals surface area contributed by atoms with Crippen LogP contribution < -0.4 is 0 Å². The van der Waals surface area contributed by atoms with E-state index in [2.05, 4.69) is 21.0 Å². The van der Waals surface area contributed by atoms with Crippen LogP contribution in [0.25, 0.3) is 5.69 Å². The Balaban J connectivity index is 2.53. The van der Waals surface area contributed by atoms with Gasteiger partial charge in [-0.15, -0.1) is 0 Å². The molecular weight excluding hydrogens is 268 g/mol. The summed E-state index contributed by atoms with van der Waals surface area (Å²) in [5.41, 5.74) is 2.70. The lowest BCUT2D eigenvalue weighted by atomic mass is 10.2. The summed E-state index contributed by atoms with van der Waals surface area (Å²) in [6.45, 7) is 3.55. The van der Waals surface area contributed by atoms with Crippen LogP contribution in [0.2, 0.25) is 0 Å². The van der Waals surface area contributed by atoms with Crippen LogP contribution in [-0.4, -0.2) is 15.6 Å². The molecule has 0 saturated carbocycles. The fraction of sp³-hybridized carbons (Fsp3) is 0.167. The second kappa shape index (κ2) is 4.22. The molecule has 0 aliphatic heterocycles. The molecule has 1 heterocycles. The summed E-state index contributed by atoms with van der Waals surface area (Å²) in [6, 6.07) is 7.95. The van der Waals surface area contributed by atoms with Gasteiger partial charge in [0.15, 0.2) is 5.78 Å². The predicted molar refractivity (Wildman–Crippen MR) is 66.0 cm³/mol. The second-order valence-corrected chi connectivity index (χ2v) is 4.41. The minimum absolute atomic E-state index is 0.00535. The van der Waals surface area contributed by atoms with Gasteiger partial charge >= 0.3 is 0 Å². The summed E-state index contributed by atoms with van der Waals surface area (Å²) in [4.78, 5) is 11.3. The predicted octanol–water partition coefficient (Wildman–Crippen LogP) is 3.15. The van der Waals surface area contributed by atoms with Gasteiger partial charge in [-0.2, -0.15) is 5.10 Å². The van der Waals surface area contributed by atoms with Crippen molar-refractivity contribution in [3.05, 3.63) is 46.2 Å². The fourth-order valence-corrected chi connectivity index (χ4v) is 2.19. The zero-order valence-corrected chi connectivity index (χ0v) is 10.7. The lowest BCUT2D eigenvalue weighted by Gasteiger charge is -2.04. The highest BCUT2D eigenvalue weighted by Gasteiger charge is 2.12. The van der Waals surface area contributed by atoms with E-state index in [0.717, 1.165) is 11.3 Å². The molecule has 0 radical (unpaired) electrons. The molecule has 0 aliphatic carbocycles. The molecule has 82 valence electrons. The number of ketones is 1. The SMILES string of the molecule is CC(=O)c1cnn(-c2cccc(C)c2)c1Br. The summed E-state index contributed by atoms with van der Waals surface area (Å²) in [5, 5.41) is 4.20. The maximum Gasteiger partial charge on any atom is 0.164 e. The molecule has 4 heteroatoms.